The lowest BCUT2D eigenvalue weighted by Gasteiger charge is -2.25. The molecule has 1 aromatic heterocycles. The van der Waals surface area contributed by atoms with Crippen molar-refractivity contribution in [2.45, 2.75) is 38.6 Å². The Morgan fingerprint density at radius 1 is 1.57 bits per heavy atom. The Hall–Kier alpha value is -0.640. The quantitative estimate of drug-likeness (QED) is 0.747. The molecule has 4 heteroatoms. The number of anilines is 1. The number of rotatable bonds is 2. The van der Waals surface area contributed by atoms with Crippen LogP contribution in [0, 0.1) is 5.92 Å². The van der Waals surface area contributed by atoms with Crippen molar-refractivity contribution in [3.63, 3.8) is 0 Å². The van der Waals surface area contributed by atoms with Crippen molar-refractivity contribution < 1.29 is 0 Å². The highest BCUT2D eigenvalue weighted by Crippen LogP contribution is 2.45. The summed E-state index contributed by atoms with van der Waals surface area (Å²) < 4.78 is 4.35. The Bertz CT molecular complexity index is 336. The van der Waals surface area contributed by atoms with Gasteiger partial charge >= 0.3 is 0 Å². The van der Waals surface area contributed by atoms with Crippen molar-refractivity contribution in [2.24, 2.45) is 5.92 Å². The summed E-state index contributed by atoms with van der Waals surface area (Å²) in [5.74, 6) is 1.98. The van der Waals surface area contributed by atoms with Crippen LogP contribution in [-0.4, -0.2) is 21.9 Å². The van der Waals surface area contributed by atoms with Gasteiger partial charge in [-0.1, -0.05) is 6.92 Å². The van der Waals surface area contributed by atoms with Gasteiger partial charge in [0, 0.05) is 30.5 Å². The summed E-state index contributed by atoms with van der Waals surface area (Å²) in [5, 5.41) is 1.16. The first kappa shape index (κ1) is 8.65. The maximum atomic E-state index is 4.56. The number of hydrogen-bond acceptors (Lipinski definition) is 4. The van der Waals surface area contributed by atoms with Gasteiger partial charge < -0.3 is 4.90 Å². The van der Waals surface area contributed by atoms with E-state index in [0.29, 0.717) is 0 Å². The second-order valence-corrected chi connectivity index (χ2v) is 4.98. The number of hydrogen-bond donors (Lipinski definition) is 0. The molecule has 2 fully saturated rings. The molecule has 3 rings (SSSR count). The molecular weight excluding hydrogens is 194 g/mol. The number of nitrogens with zero attached hydrogens (tertiary/aromatic N) is 3. The van der Waals surface area contributed by atoms with Gasteiger partial charge in [-0.25, -0.2) is 4.98 Å². The maximum absolute atomic E-state index is 4.56. The van der Waals surface area contributed by atoms with E-state index in [9.17, 15) is 0 Å². The maximum Gasteiger partial charge on any atom is 0.205 e. The summed E-state index contributed by atoms with van der Waals surface area (Å²) in [5.41, 5.74) is 0. The first-order chi connectivity index (χ1) is 6.88. The summed E-state index contributed by atoms with van der Waals surface area (Å²) in [6.07, 6.45) is 5.11. The highest BCUT2D eigenvalue weighted by Gasteiger charge is 2.45. The Morgan fingerprint density at radius 2 is 2.50 bits per heavy atom. The van der Waals surface area contributed by atoms with Gasteiger partial charge in [0.15, 0.2) is 0 Å². The minimum Gasteiger partial charge on any atom is -0.344 e. The Labute approximate surface area is 88.3 Å². The molecule has 2 heterocycles. The van der Waals surface area contributed by atoms with E-state index in [-0.39, 0.29) is 0 Å². The van der Waals surface area contributed by atoms with E-state index in [1.807, 2.05) is 0 Å². The predicted molar refractivity (Wildman–Crippen MR) is 57.8 cm³/mol. The van der Waals surface area contributed by atoms with Crippen LogP contribution in [0.4, 0.5) is 5.13 Å². The highest BCUT2D eigenvalue weighted by atomic mass is 32.1. The van der Waals surface area contributed by atoms with Crippen molar-refractivity contribution >= 4 is 16.7 Å². The number of aryl methyl sites for hydroxylation is 1. The average Bonchev–Trinajstić information content (AvgIpc) is 2.86. The lowest BCUT2D eigenvalue weighted by Crippen LogP contribution is -2.31. The third-order valence-corrected chi connectivity index (χ3v) is 4.07. The molecule has 3 nitrogen and oxygen atoms in total. The van der Waals surface area contributed by atoms with Gasteiger partial charge in [-0.05, 0) is 25.2 Å². The van der Waals surface area contributed by atoms with Crippen LogP contribution in [0.5, 0.6) is 0 Å². The van der Waals surface area contributed by atoms with E-state index in [4.69, 9.17) is 0 Å². The Kier molecular flexibility index (Phi) is 1.97. The zero-order valence-electron chi connectivity index (χ0n) is 8.44. The van der Waals surface area contributed by atoms with Gasteiger partial charge in [-0.2, -0.15) is 4.37 Å². The van der Waals surface area contributed by atoms with Crippen LogP contribution in [0.1, 0.15) is 32.0 Å². The molecule has 1 saturated carbocycles. The minimum atomic E-state index is 0.807. The third kappa shape index (κ3) is 1.32. The largest absolute Gasteiger partial charge is 0.344 e. The molecule has 2 atom stereocenters. The molecule has 0 N–H and O–H groups in total. The lowest BCUT2D eigenvalue weighted by atomic mass is 10.1. The van der Waals surface area contributed by atoms with E-state index in [0.717, 1.165) is 29.3 Å². The van der Waals surface area contributed by atoms with E-state index in [1.54, 1.807) is 11.5 Å². The summed E-state index contributed by atoms with van der Waals surface area (Å²) in [7, 11) is 0. The van der Waals surface area contributed by atoms with E-state index < -0.39 is 0 Å². The zero-order valence-corrected chi connectivity index (χ0v) is 9.26. The summed E-state index contributed by atoms with van der Waals surface area (Å²) in [6.45, 7) is 3.31. The second-order valence-electron chi connectivity index (χ2n) is 4.25. The summed E-state index contributed by atoms with van der Waals surface area (Å²) in [6, 6.07) is 0.807. The van der Waals surface area contributed by atoms with Crippen molar-refractivity contribution in [3.8, 4) is 0 Å². The second kappa shape index (κ2) is 3.19. The molecular formula is C10H15N3S. The lowest BCUT2D eigenvalue weighted by molar-refractivity contribution is 0.558. The molecule has 1 aromatic rings. The first-order valence-corrected chi connectivity index (χ1v) is 6.25. The van der Waals surface area contributed by atoms with Crippen molar-refractivity contribution in [3.05, 3.63) is 5.82 Å². The topological polar surface area (TPSA) is 29.0 Å². The molecule has 1 aliphatic heterocycles. The third-order valence-electron chi connectivity index (χ3n) is 3.28. The first-order valence-electron chi connectivity index (χ1n) is 5.47. The Morgan fingerprint density at radius 3 is 3.29 bits per heavy atom. The van der Waals surface area contributed by atoms with Gasteiger partial charge in [0.25, 0.3) is 0 Å². The molecule has 14 heavy (non-hydrogen) atoms. The van der Waals surface area contributed by atoms with Gasteiger partial charge in [-0.3, -0.25) is 0 Å². The predicted octanol–water partition coefficient (Wildman–Crippen LogP) is 2.09. The molecule has 0 aromatic carbocycles. The molecule has 0 amide bonds. The van der Waals surface area contributed by atoms with Crippen LogP contribution < -0.4 is 4.90 Å². The fourth-order valence-corrected chi connectivity index (χ4v) is 3.19. The molecule has 0 spiro atoms. The molecule has 1 saturated heterocycles. The molecule has 2 unspecified atom stereocenters. The number of piperidine rings is 1. The van der Waals surface area contributed by atoms with Crippen LogP contribution >= 0.6 is 11.5 Å². The molecule has 0 bridgehead atoms. The monoisotopic (exact) mass is 209 g/mol. The number of aromatic nitrogens is 2. The molecule has 1 aliphatic carbocycles. The van der Waals surface area contributed by atoms with Gasteiger partial charge in [0.05, 0.1) is 0 Å². The molecule has 76 valence electrons. The average molecular weight is 209 g/mol. The van der Waals surface area contributed by atoms with Crippen LogP contribution in [0.2, 0.25) is 0 Å². The Balaban J connectivity index is 1.80. The normalized spacial score (nSPS) is 30.2. The van der Waals surface area contributed by atoms with Gasteiger partial charge in [0.1, 0.15) is 5.82 Å². The van der Waals surface area contributed by atoms with E-state index in [1.165, 1.54) is 25.8 Å². The number of fused-ring (bicyclic) bond motifs is 1. The smallest absolute Gasteiger partial charge is 0.205 e. The fraction of sp³-hybridized carbons (Fsp3) is 0.800. The van der Waals surface area contributed by atoms with E-state index >= 15 is 0 Å². The SMILES string of the molecule is CCc1nsc(N2CCCC3CC32)n1. The van der Waals surface area contributed by atoms with Crippen LogP contribution in [0.15, 0.2) is 0 Å². The standard InChI is InChI=1S/C10H15N3S/c1-2-9-11-10(14-12-9)13-5-3-4-7-6-8(7)13/h7-8H,2-6H2,1H3. The van der Waals surface area contributed by atoms with E-state index in [2.05, 4.69) is 21.2 Å². The van der Waals surface area contributed by atoms with Crippen molar-refractivity contribution in [2.75, 3.05) is 11.4 Å². The molecule has 0 radical (unpaired) electrons. The van der Waals surface area contributed by atoms with Gasteiger partial charge in [0.2, 0.25) is 5.13 Å². The summed E-state index contributed by atoms with van der Waals surface area (Å²) in [4.78, 5) is 7.04. The fourth-order valence-electron chi connectivity index (χ4n) is 2.36. The van der Waals surface area contributed by atoms with Crippen LogP contribution in [0.25, 0.3) is 0 Å². The van der Waals surface area contributed by atoms with Crippen molar-refractivity contribution in [1.82, 2.24) is 9.36 Å². The molecule has 2 aliphatic rings. The summed E-state index contributed by atoms with van der Waals surface area (Å²) >= 11 is 1.58. The highest BCUT2D eigenvalue weighted by molar-refractivity contribution is 7.09. The van der Waals surface area contributed by atoms with Gasteiger partial charge in [-0.15, -0.1) is 0 Å². The van der Waals surface area contributed by atoms with Crippen molar-refractivity contribution in [1.29, 1.82) is 0 Å². The zero-order chi connectivity index (χ0) is 9.54. The van der Waals surface area contributed by atoms with Crippen LogP contribution in [-0.2, 0) is 6.42 Å². The minimum absolute atomic E-state index is 0.807. The van der Waals surface area contributed by atoms with Crippen LogP contribution in [0.3, 0.4) is 0 Å².